The van der Waals surface area contributed by atoms with Gasteiger partial charge in [-0.2, -0.15) is 13.2 Å². The van der Waals surface area contributed by atoms with Gasteiger partial charge in [0.2, 0.25) is 10.0 Å². The van der Waals surface area contributed by atoms with E-state index >= 15 is 0 Å². The Hall–Kier alpha value is -4.00. The van der Waals surface area contributed by atoms with E-state index in [0.717, 1.165) is 24.5 Å². The van der Waals surface area contributed by atoms with Gasteiger partial charge in [0, 0.05) is 11.8 Å². The van der Waals surface area contributed by atoms with Crippen LogP contribution in [0.3, 0.4) is 0 Å². The minimum atomic E-state index is -4.43. The van der Waals surface area contributed by atoms with E-state index in [1.165, 1.54) is 24.3 Å². The number of amides is 2. The molecule has 3 rings (SSSR count). The van der Waals surface area contributed by atoms with Crippen molar-refractivity contribution in [2.24, 2.45) is 0 Å². The number of phenolic OH excluding ortho intramolecular Hbond substituents is 1. The summed E-state index contributed by atoms with van der Waals surface area (Å²) in [7, 11) is -3.76. The molecule has 3 aromatic rings. The zero-order chi connectivity index (χ0) is 25.8. The second-order valence-corrected chi connectivity index (χ2v) is 9.06. The minimum absolute atomic E-state index is 0.0622. The maximum absolute atomic E-state index is 14.1. The zero-order valence-electron chi connectivity index (χ0n) is 18.0. The van der Waals surface area contributed by atoms with Gasteiger partial charge in [-0.05, 0) is 48.0 Å². The summed E-state index contributed by atoms with van der Waals surface area (Å²) in [6, 6.07) is 11.2. The van der Waals surface area contributed by atoms with Crippen molar-refractivity contribution in [3.05, 3.63) is 77.6 Å². The number of ether oxygens (including phenoxy) is 1. The zero-order valence-corrected chi connectivity index (χ0v) is 18.8. The monoisotopic (exact) mass is 513 g/mol. The first-order valence-corrected chi connectivity index (χ1v) is 11.7. The van der Waals surface area contributed by atoms with Crippen molar-refractivity contribution in [1.29, 1.82) is 0 Å². The molecule has 0 heterocycles. The van der Waals surface area contributed by atoms with E-state index in [9.17, 15) is 35.9 Å². The molecule has 3 aromatic carbocycles. The molecule has 4 N–H and O–H groups in total. The van der Waals surface area contributed by atoms with Gasteiger partial charge in [0.25, 0.3) is 0 Å². The molecule has 0 saturated heterocycles. The van der Waals surface area contributed by atoms with Crippen LogP contribution in [0.4, 0.5) is 39.4 Å². The third-order valence-electron chi connectivity index (χ3n) is 4.43. The molecule has 0 unspecified atom stereocenters. The lowest BCUT2D eigenvalue weighted by Crippen LogP contribution is -2.20. The number of hydrogen-bond acceptors (Lipinski definition) is 5. The smallest absolute Gasteiger partial charge is 0.416 e. The summed E-state index contributed by atoms with van der Waals surface area (Å²) >= 11 is 0. The van der Waals surface area contributed by atoms with E-state index in [4.69, 9.17) is 4.74 Å². The predicted octanol–water partition coefficient (Wildman–Crippen LogP) is 5.14. The molecule has 8 nitrogen and oxygen atoms in total. The first kappa shape index (κ1) is 25.6. The summed E-state index contributed by atoms with van der Waals surface area (Å²) in [6.07, 6.45) is -3.59. The van der Waals surface area contributed by atoms with Gasteiger partial charge in [0.05, 0.1) is 23.2 Å². The first-order valence-electron chi connectivity index (χ1n) is 9.77. The minimum Gasteiger partial charge on any atom is -0.506 e. The van der Waals surface area contributed by atoms with Crippen LogP contribution in [0.1, 0.15) is 11.1 Å². The number of halogens is 4. The topological polar surface area (TPSA) is 117 Å². The van der Waals surface area contributed by atoms with Gasteiger partial charge < -0.3 is 20.5 Å². The van der Waals surface area contributed by atoms with E-state index in [1.807, 2.05) is 4.72 Å². The molecule has 13 heteroatoms. The van der Waals surface area contributed by atoms with Crippen molar-refractivity contribution < 1.29 is 40.6 Å². The summed E-state index contributed by atoms with van der Waals surface area (Å²) in [5.74, 6) is -1.40. The summed E-state index contributed by atoms with van der Waals surface area (Å²) in [6.45, 7) is 0.0622. The van der Waals surface area contributed by atoms with Crippen LogP contribution in [-0.2, 0) is 22.8 Å². The highest BCUT2D eigenvalue weighted by Gasteiger charge is 2.30. The van der Waals surface area contributed by atoms with Crippen molar-refractivity contribution in [2.75, 3.05) is 21.6 Å². The average Bonchev–Trinajstić information content (AvgIpc) is 2.75. The summed E-state index contributed by atoms with van der Waals surface area (Å²) in [5, 5.41) is 14.4. The Balaban J connectivity index is 1.58. The molecular formula is C22H19F4N3O5S. The standard InChI is InChI=1S/C22H19F4N3O5S/c1-35(32,33)29-19-11-18(17(23)10-20(19)30)28-21(31)27-15-6-2-13(3-7-15)12-34-16-8-4-14(5-9-16)22(24,25)26/h2-11,29-30H,12H2,1H3,(H2,27,28,31). The number of aromatic hydroxyl groups is 1. The number of rotatable bonds is 7. The second-order valence-electron chi connectivity index (χ2n) is 7.31. The molecule has 186 valence electrons. The Labute approximate surface area is 197 Å². The van der Waals surface area contributed by atoms with Gasteiger partial charge in [-0.3, -0.25) is 4.72 Å². The fraction of sp³-hybridized carbons (Fsp3) is 0.136. The molecule has 0 saturated carbocycles. The van der Waals surface area contributed by atoms with Crippen molar-refractivity contribution in [3.63, 3.8) is 0 Å². The number of hydrogen-bond donors (Lipinski definition) is 4. The third-order valence-corrected chi connectivity index (χ3v) is 5.02. The average molecular weight is 513 g/mol. The van der Waals surface area contributed by atoms with E-state index in [-0.39, 0.29) is 23.7 Å². The Morgan fingerprint density at radius 2 is 1.60 bits per heavy atom. The number of nitrogens with one attached hydrogen (secondary N) is 3. The highest BCUT2D eigenvalue weighted by molar-refractivity contribution is 7.92. The summed E-state index contributed by atoms with van der Waals surface area (Å²) in [5.41, 5.74) is -0.491. The van der Waals surface area contributed by atoms with E-state index < -0.39 is 39.4 Å². The third kappa shape index (κ3) is 7.50. The van der Waals surface area contributed by atoms with Crippen molar-refractivity contribution >= 4 is 33.1 Å². The van der Waals surface area contributed by atoms with Crippen LogP contribution < -0.4 is 20.1 Å². The van der Waals surface area contributed by atoms with Gasteiger partial charge in [-0.1, -0.05) is 12.1 Å². The van der Waals surface area contributed by atoms with Crippen LogP contribution in [-0.4, -0.2) is 25.8 Å². The Kier molecular flexibility index (Phi) is 7.39. The molecule has 2 amide bonds. The molecule has 0 bridgehead atoms. The predicted molar refractivity (Wildman–Crippen MR) is 121 cm³/mol. The van der Waals surface area contributed by atoms with E-state index in [1.54, 1.807) is 12.1 Å². The summed E-state index contributed by atoms with van der Waals surface area (Å²) in [4.78, 5) is 12.2. The SMILES string of the molecule is CS(=O)(=O)Nc1cc(NC(=O)Nc2ccc(COc3ccc(C(F)(F)F)cc3)cc2)c(F)cc1O. The Morgan fingerprint density at radius 3 is 2.17 bits per heavy atom. The highest BCUT2D eigenvalue weighted by Crippen LogP contribution is 2.31. The number of carbonyl (C=O) groups is 1. The molecule has 0 spiro atoms. The van der Waals surface area contributed by atoms with E-state index in [0.29, 0.717) is 17.3 Å². The van der Waals surface area contributed by atoms with Crippen LogP contribution >= 0.6 is 0 Å². The molecule has 0 fully saturated rings. The maximum atomic E-state index is 14.1. The van der Waals surface area contributed by atoms with Crippen LogP contribution in [0, 0.1) is 5.82 Å². The van der Waals surface area contributed by atoms with Crippen LogP contribution in [0.25, 0.3) is 0 Å². The van der Waals surface area contributed by atoms with Gasteiger partial charge in [0.15, 0.2) is 5.82 Å². The molecule has 35 heavy (non-hydrogen) atoms. The molecule has 0 aromatic heterocycles. The number of anilines is 3. The number of sulfonamides is 1. The Bertz CT molecular complexity index is 1310. The normalized spacial score (nSPS) is 11.6. The van der Waals surface area contributed by atoms with Gasteiger partial charge >= 0.3 is 12.2 Å². The quantitative estimate of drug-likeness (QED) is 0.198. The molecule has 0 aliphatic rings. The number of urea groups is 1. The Morgan fingerprint density at radius 1 is 0.971 bits per heavy atom. The number of alkyl halides is 3. The number of benzene rings is 3. The van der Waals surface area contributed by atoms with Gasteiger partial charge in [0.1, 0.15) is 18.1 Å². The van der Waals surface area contributed by atoms with Crippen LogP contribution in [0.5, 0.6) is 11.5 Å². The number of carbonyl (C=O) groups excluding carboxylic acids is 1. The molecular weight excluding hydrogens is 494 g/mol. The van der Waals surface area contributed by atoms with Gasteiger partial charge in [-0.25, -0.2) is 17.6 Å². The lowest BCUT2D eigenvalue weighted by Gasteiger charge is -2.12. The lowest BCUT2D eigenvalue weighted by atomic mass is 10.2. The highest BCUT2D eigenvalue weighted by atomic mass is 32.2. The van der Waals surface area contributed by atoms with Crippen LogP contribution in [0.15, 0.2) is 60.7 Å². The molecule has 0 atom stereocenters. The molecule has 0 aliphatic heterocycles. The largest absolute Gasteiger partial charge is 0.506 e. The van der Waals surface area contributed by atoms with Gasteiger partial charge in [-0.15, -0.1) is 0 Å². The second kappa shape index (κ2) is 10.1. The van der Waals surface area contributed by atoms with Crippen molar-refractivity contribution in [2.45, 2.75) is 12.8 Å². The maximum Gasteiger partial charge on any atom is 0.416 e. The molecule has 0 radical (unpaired) electrons. The fourth-order valence-corrected chi connectivity index (χ4v) is 3.38. The lowest BCUT2D eigenvalue weighted by molar-refractivity contribution is -0.137. The van der Waals surface area contributed by atoms with Crippen molar-refractivity contribution in [3.8, 4) is 11.5 Å². The first-order chi connectivity index (χ1) is 16.3. The number of phenols is 1. The van der Waals surface area contributed by atoms with Crippen LogP contribution in [0.2, 0.25) is 0 Å². The van der Waals surface area contributed by atoms with Crippen molar-refractivity contribution in [1.82, 2.24) is 0 Å². The fourth-order valence-electron chi connectivity index (χ4n) is 2.82. The molecule has 0 aliphatic carbocycles. The summed E-state index contributed by atoms with van der Waals surface area (Å²) < 4.78 is 82.0. The van der Waals surface area contributed by atoms with E-state index in [2.05, 4.69) is 10.6 Å².